The first-order valence-corrected chi connectivity index (χ1v) is 10.9. The maximum Gasteiger partial charge on any atom is 0.280 e. The zero-order valence-electron chi connectivity index (χ0n) is 17.5. The summed E-state index contributed by atoms with van der Waals surface area (Å²) in [6.45, 7) is 2.03. The Morgan fingerprint density at radius 1 is 1.12 bits per heavy atom. The second-order valence-corrected chi connectivity index (χ2v) is 8.84. The number of amides is 1. The average Bonchev–Trinajstić information content (AvgIpc) is 3.47. The van der Waals surface area contributed by atoms with Crippen molar-refractivity contribution in [3.8, 4) is 0 Å². The van der Waals surface area contributed by atoms with Gasteiger partial charge in [-0.15, -0.1) is 0 Å². The molecule has 6 heterocycles. The molecule has 2 fully saturated rings. The second kappa shape index (κ2) is 7.08. The van der Waals surface area contributed by atoms with E-state index in [1.54, 1.807) is 4.52 Å². The van der Waals surface area contributed by atoms with E-state index < -0.39 is 6.43 Å². The van der Waals surface area contributed by atoms with Gasteiger partial charge in [-0.3, -0.25) is 4.79 Å². The molecule has 6 rings (SSSR count). The minimum absolute atomic E-state index is 0.00609. The maximum absolute atomic E-state index is 13.6. The number of nitrogens with zero attached hydrogens (tertiary/aromatic N) is 6. The average molecular weight is 436 g/mol. The maximum atomic E-state index is 13.6. The van der Waals surface area contributed by atoms with E-state index in [4.69, 9.17) is 0 Å². The van der Waals surface area contributed by atoms with E-state index in [2.05, 4.69) is 21.1 Å². The summed E-state index contributed by atoms with van der Waals surface area (Å²) in [5.41, 5.74) is 3.18. The molecule has 4 aromatic heterocycles. The fourth-order valence-electron chi connectivity index (χ4n) is 5.58. The molecule has 0 spiro atoms. The van der Waals surface area contributed by atoms with Gasteiger partial charge in [0, 0.05) is 35.9 Å². The molecule has 2 aliphatic rings. The predicted octanol–water partition coefficient (Wildman–Crippen LogP) is 4.17. The quantitative estimate of drug-likeness (QED) is 0.483. The van der Waals surface area contributed by atoms with Gasteiger partial charge in [0.1, 0.15) is 12.0 Å². The van der Waals surface area contributed by atoms with Crippen molar-refractivity contribution in [1.82, 2.24) is 28.9 Å². The zero-order chi connectivity index (χ0) is 22.0. The Morgan fingerprint density at radius 2 is 1.97 bits per heavy atom. The predicted molar refractivity (Wildman–Crippen MR) is 113 cm³/mol. The number of pyridine rings is 1. The van der Waals surface area contributed by atoms with Crippen molar-refractivity contribution in [2.75, 3.05) is 0 Å². The highest BCUT2D eigenvalue weighted by atomic mass is 19.3. The van der Waals surface area contributed by atoms with Crippen LogP contribution in [0, 0.1) is 6.92 Å². The molecular weight excluding hydrogens is 414 g/mol. The Morgan fingerprint density at radius 3 is 2.81 bits per heavy atom. The molecule has 0 unspecified atom stereocenters. The van der Waals surface area contributed by atoms with E-state index in [-0.39, 0.29) is 35.4 Å². The van der Waals surface area contributed by atoms with Gasteiger partial charge >= 0.3 is 0 Å². The van der Waals surface area contributed by atoms with Crippen molar-refractivity contribution in [3.63, 3.8) is 0 Å². The molecule has 7 nitrogen and oxygen atoms in total. The number of rotatable bonds is 3. The van der Waals surface area contributed by atoms with Gasteiger partial charge in [-0.25, -0.2) is 18.3 Å². The summed E-state index contributed by atoms with van der Waals surface area (Å²) in [6.07, 6.45) is 5.94. The van der Waals surface area contributed by atoms with Gasteiger partial charge in [0.25, 0.3) is 18.1 Å². The van der Waals surface area contributed by atoms with Crippen molar-refractivity contribution >= 4 is 17.2 Å². The molecule has 2 saturated heterocycles. The van der Waals surface area contributed by atoms with Gasteiger partial charge in [0.15, 0.2) is 0 Å². The lowest BCUT2D eigenvalue weighted by Gasteiger charge is -2.40. The largest absolute Gasteiger partial charge is 0.332 e. The highest BCUT2D eigenvalue weighted by molar-refractivity contribution is 5.95. The normalized spacial score (nSPS) is 23.0. The number of carbonyl (C=O) groups is 1. The van der Waals surface area contributed by atoms with Crippen LogP contribution >= 0.6 is 0 Å². The fraction of sp³-hybridized carbons (Fsp3) is 0.391. The van der Waals surface area contributed by atoms with Gasteiger partial charge in [-0.1, -0.05) is 0 Å². The number of piperidine rings is 1. The lowest BCUT2D eigenvalue weighted by atomic mass is 9.86. The van der Waals surface area contributed by atoms with Gasteiger partial charge in [0.05, 0.1) is 11.3 Å². The first kappa shape index (κ1) is 19.3. The topological polar surface area (TPSA) is 67.8 Å². The van der Waals surface area contributed by atoms with Crippen molar-refractivity contribution in [2.24, 2.45) is 0 Å². The van der Waals surface area contributed by atoms with Crippen LogP contribution in [-0.2, 0) is 0 Å². The van der Waals surface area contributed by atoms with E-state index in [1.165, 1.54) is 12.4 Å². The third kappa shape index (κ3) is 2.91. The number of aromatic nitrogens is 5. The molecule has 0 saturated carbocycles. The Bertz CT molecular complexity index is 1350. The smallest absolute Gasteiger partial charge is 0.280 e. The minimum atomic E-state index is -2.69. The number of hydrogen-bond donors (Lipinski definition) is 0. The van der Waals surface area contributed by atoms with Crippen molar-refractivity contribution in [3.05, 3.63) is 65.5 Å². The first-order valence-electron chi connectivity index (χ1n) is 10.9. The Labute approximate surface area is 182 Å². The van der Waals surface area contributed by atoms with Gasteiger partial charge in [-0.2, -0.15) is 10.1 Å². The van der Waals surface area contributed by atoms with E-state index in [0.29, 0.717) is 11.3 Å². The molecule has 0 aromatic carbocycles. The molecule has 2 aliphatic heterocycles. The Balaban J connectivity index is 1.39. The Kier molecular flexibility index (Phi) is 4.28. The molecule has 164 valence electrons. The van der Waals surface area contributed by atoms with Crippen LogP contribution in [0.1, 0.15) is 65.3 Å². The summed E-state index contributed by atoms with van der Waals surface area (Å²) >= 11 is 0. The van der Waals surface area contributed by atoms with Gasteiger partial charge < -0.3 is 9.30 Å². The Hall–Kier alpha value is -3.36. The molecule has 2 bridgehead atoms. The van der Waals surface area contributed by atoms with Crippen LogP contribution in [0.15, 0.2) is 43.0 Å². The fourth-order valence-corrected chi connectivity index (χ4v) is 5.58. The number of fused-ring (bicyclic) bond motifs is 4. The molecule has 4 aromatic rings. The van der Waals surface area contributed by atoms with Crippen LogP contribution < -0.4 is 0 Å². The summed E-state index contributed by atoms with van der Waals surface area (Å²) in [5, 5.41) is 4.23. The summed E-state index contributed by atoms with van der Waals surface area (Å²) in [6, 6.07) is 7.45. The molecule has 32 heavy (non-hydrogen) atoms. The SMILES string of the molecule is Cc1cc2ccc(C(=O)N3[C@H]4CC[C@H](c5cc(C(F)F)nc6ncnn56)[C@@H]3CC4)cn2c1. The number of aryl methyl sites for hydroxylation is 1. The van der Waals surface area contributed by atoms with Gasteiger partial charge in [0.2, 0.25) is 0 Å². The van der Waals surface area contributed by atoms with Crippen molar-refractivity contribution < 1.29 is 13.6 Å². The van der Waals surface area contributed by atoms with Crippen LogP contribution in [0.2, 0.25) is 0 Å². The van der Waals surface area contributed by atoms with Crippen LogP contribution in [0.25, 0.3) is 11.3 Å². The summed E-state index contributed by atoms with van der Waals surface area (Å²) in [4.78, 5) is 23.6. The molecular formula is C23H22F2N6O. The molecule has 0 N–H and O–H groups in total. The highest BCUT2D eigenvalue weighted by Crippen LogP contribution is 2.45. The summed E-state index contributed by atoms with van der Waals surface area (Å²) in [5.74, 6) is 0.0672. The molecule has 3 atom stereocenters. The van der Waals surface area contributed by atoms with E-state index >= 15 is 0 Å². The number of carbonyl (C=O) groups excluding carboxylic acids is 1. The van der Waals surface area contributed by atoms with Crippen LogP contribution in [0.3, 0.4) is 0 Å². The van der Waals surface area contributed by atoms with E-state index in [1.807, 2.05) is 40.8 Å². The van der Waals surface area contributed by atoms with Crippen LogP contribution in [0.5, 0.6) is 0 Å². The number of alkyl halides is 2. The third-order valence-electron chi connectivity index (χ3n) is 6.93. The highest BCUT2D eigenvalue weighted by Gasteiger charge is 2.46. The number of hydrogen-bond acceptors (Lipinski definition) is 4. The summed E-state index contributed by atoms with van der Waals surface area (Å²) in [7, 11) is 0. The van der Waals surface area contributed by atoms with Crippen LogP contribution in [0.4, 0.5) is 8.78 Å². The van der Waals surface area contributed by atoms with E-state index in [9.17, 15) is 13.6 Å². The molecule has 1 amide bonds. The monoisotopic (exact) mass is 436 g/mol. The number of halogens is 2. The van der Waals surface area contributed by atoms with E-state index in [0.717, 1.165) is 36.8 Å². The zero-order valence-corrected chi connectivity index (χ0v) is 17.5. The van der Waals surface area contributed by atoms with Crippen molar-refractivity contribution in [1.29, 1.82) is 0 Å². The van der Waals surface area contributed by atoms with Gasteiger partial charge in [-0.05, 0) is 62.4 Å². The van der Waals surface area contributed by atoms with Crippen LogP contribution in [-0.4, -0.2) is 46.9 Å². The molecule has 0 aliphatic carbocycles. The molecule has 9 heteroatoms. The first-order chi connectivity index (χ1) is 15.5. The lowest BCUT2D eigenvalue weighted by Crippen LogP contribution is -2.47. The standard InChI is InChI=1S/C23H22F2N6O/c1-13-8-16-3-2-14(11-29(16)10-13)22(32)30-15-4-6-17(19(30)7-5-15)20-9-18(21(24)25)28-23-26-12-27-31(20)23/h2-3,8-12,15,17,19,21H,4-7H2,1H3/t15-,17-,19-/m0/s1. The molecule has 0 radical (unpaired) electrons. The van der Waals surface area contributed by atoms with Crippen molar-refractivity contribution in [2.45, 2.75) is 57.0 Å². The lowest BCUT2D eigenvalue weighted by molar-refractivity contribution is 0.0553. The third-order valence-corrected chi connectivity index (χ3v) is 6.93. The second-order valence-electron chi connectivity index (χ2n) is 8.84. The minimum Gasteiger partial charge on any atom is -0.332 e. The summed E-state index contributed by atoms with van der Waals surface area (Å²) < 4.78 is 30.5.